The highest BCUT2D eigenvalue weighted by atomic mass is 32.2. The lowest BCUT2D eigenvalue weighted by Crippen LogP contribution is -2.43. The maximum Gasteiger partial charge on any atom is 0.273 e. The van der Waals surface area contributed by atoms with Gasteiger partial charge in [-0.15, -0.1) is 0 Å². The van der Waals surface area contributed by atoms with Crippen LogP contribution in [0.25, 0.3) is 10.8 Å². The lowest BCUT2D eigenvalue weighted by Gasteiger charge is -2.32. The van der Waals surface area contributed by atoms with Crippen LogP contribution in [0.4, 0.5) is 0 Å². The molecular weight excluding hydrogens is 326 g/mol. The number of nitrogens with one attached hydrogen (secondary N) is 1. The molecule has 7 heteroatoms. The number of likely N-dealkylation sites (tertiary alicyclic amines) is 1. The van der Waals surface area contributed by atoms with Gasteiger partial charge in [0.05, 0.1) is 6.26 Å². The van der Waals surface area contributed by atoms with Crippen molar-refractivity contribution in [1.29, 1.82) is 0 Å². The van der Waals surface area contributed by atoms with E-state index in [9.17, 15) is 13.2 Å². The lowest BCUT2D eigenvalue weighted by molar-refractivity contribution is 0.0672. The van der Waals surface area contributed by atoms with Gasteiger partial charge in [0, 0.05) is 31.2 Å². The lowest BCUT2D eigenvalue weighted by atomic mass is 9.97. The molecule has 2 heterocycles. The largest absolute Gasteiger partial charge is 0.337 e. The van der Waals surface area contributed by atoms with Gasteiger partial charge in [-0.2, -0.15) is 0 Å². The zero-order valence-corrected chi connectivity index (χ0v) is 14.4. The van der Waals surface area contributed by atoms with E-state index in [4.69, 9.17) is 0 Å². The Bertz CT molecular complexity index is 846. The molecule has 1 atom stereocenters. The van der Waals surface area contributed by atoms with Gasteiger partial charge in [-0.3, -0.25) is 9.78 Å². The summed E-state index contributed by atoms with van der Waals surface area (Å²) in [7, 11) is -3.21. The summed E-state index contributed by atoms with van der Waals surface area (Å²) in [5, 5.41) is 1.84. The quantitative estimate of drug-likeness (QED) is 0.912. The number of hydrogen-bond acceptors (Lipinski definition) is 4. The number of aromatic nitrogens is 1. The van der Waals surface area contributed by atoms with Crippen LogP contribution < -0.4 is 4.72 Å². The molecule has 0 bridgehead atoms. The second kappa shape index (κ2) is 6.86. The average molecular weight is 347 g/mol. The zero-order valence-electron chi connectivity index (χ0n) is 13.6. The minimum absolute atomic E-state index is 0.0872. The van der Waals surface area contributed by atoms with Crippen molar-refractivity contribution in [3.8, 4) is 0 Å². The SMILES string of the molecule is CS(=O)(=O)NCC1CCCN(C(=O)c2nccc3ccccc23)C1. The minimum Gasteiger partial charge on any atom is -0.337 e. The van der Waals surface area contributed by atoms with E-state index in [1.165, 1.54) is 0 Å². The van der Waals surface area contributed by atoms with Crippen LogP contribution in [0.15, 0.2) is 36.5 Å². The third-order valence-electron chi connectivity index (χ3n) is 4.32. The Morgan fingerprint density at radius 1 is 1.33 bits per heavy atom. The fourth-order valence-corrected chi connectivity index (χ4v) is 3.66. The van der Waals surface area contributed by atoms with Gasteiger partial charge in [0.2, 0.25) is 10.0 Å². The second-order valence-electron chi connectivity index (χ2n) is 6.26. The molecule has 1 aliphatic heterocycles. The first-order valence-electron chi connectivity index (χ1n) is 8.02. The number of fused-ring (bicyclic) bond motifs is 1. The standard InChI is InChI=1S/C17H21N3O3S/c1-24(22,23)19-11-13-5-4-10-20(12-13)17(21)16-15-7-3-2-6-14(15)8-9-18-16/h2-3,6-9,13,19H,4-5,10-12H2,1H3. The van der Waals surface area contributed by atoms with E-state index < -0.39 is 10.0 Å². The first kappa shape index (κ1) is 16.9. The molecule has 1 aliphatic rings. The maximum absolute atomic E-state index is 12.9. The summed E-state index contributed by atoms with van der Waals surface area (Å²) in [6.45, 7) is 1.59. The van der Waals surface area contributed by atoms with Crippen molar-refractivity contribution < 1.29 is 13.2 Å². The van der Waals surface area contributed by atoms with Gasteiger partial charge in [-0.25, -0.2) is 13.1 Å². The summed E-state index contributed by atoms with van der Waals surface area (Å²) < 4.78 is 25.1. The first-order chi connectivity index (χ1) is 11.4. The fourth-order valence-electron chi connectivity index (χ4n) is 3.13. The number of piperidine rings is 1. The number of carbonyl (C=O) groups excluding carboxylic acids is 1. The molecule has 128 valence electrons. The van der Waals surface area contributed by atoms with Crippen LogP contribution in [0.1, 0.15) is 23.3 Å². The van der Waals surface area contributed by atoms with Crippen LogP contribution in [0.2, 0.25) is 0 Å². The van der Waals surface area contributed by atoms with Crippen molar-refractivity contribution in [3.63, 3.8) is 0 Å². The number of benzene rings is 1. The number of sulfonamides is 1. The molecule has 24 heavy (non-hydrogen) atoms. The third kappa shape index (κ3) is 3.91. The van der Waals surface area contributed by atoms with Crippen molar-refractivity contribution >= 4 is 26.7 Å². The Morgan fingerprint density at radius 3 is 2.92 bits per heavy atom. The third-order valence-corrected chi connectivity index (χ3v) is 5.01. The average Bonchev–Trinajstić information content (AvgIpc) is 2.58. The maximum atomic E-state index is 12.9. The highest BCUT2D eigenvalue weighted by Gasteiger charge is 2.26. The summed E-state index contributed by atoms with van der Waals surface area (Å²) in [6, 6.07) is 9.59. The van der Waals surface area contributed by atoms with Gasteiger partial charge in [-0.05, 0) is 30.2 Å². The highest BCUT2D eigenvalue weighted by Crippen LogP contribution is 2.22. The van der Waals surface area contributed by atoms with E-state index in [0.29, 0.717) is 25.3 Å². The minimum atomic E-state index is -3.21. The van der Waals surface area contributed by atoms with Crippen molar-refractivity contribution in [2.45, 2.75) is 12.8 Å². The van der Waals surface area contributed by atoms with E-state index in [2.05, 4.69) is 9.71 Å². The van der Waals surface area contributed by atoms with Gasteiger partial charge in [0.25, 0.3) is 5.91 Å². The van der Waals surface area contributed by atoms with E-state index in [1.807, 2.05) is 30.3 Å². The molecule has 1 aromatic heterocycles. The molecule has 1 aromatic carbocycles. The summed E-state index contributed by atoms with van der Waals surface area (Å²) in [6.07, 6.45) is 4.59. The van der Waals surface area contributed by atoms with Gasteiger partial charge in [0.1, 0.15) is 5.69 Å². The van der Waals surface area contributed by atoms with E-state index in [0.717, 1.165) is 29.9 Å². The number of pyridine rings is 1. The molecule has 1 N–H and O–H groups in total. The number of rotatable bonds is 4. The van der Waals surface area contributed by atoms with E-state index >= 15 is 0 Å². The molecule has 0 saturated carbocycles. The van der Waals surface area contributed by atoms with Crippen LogP contribution in [0.5, 0.6) is 0 Å². The Kier molecular flexibility index (Phi) is 4.82. The predicted molar refractivity (Wildman–Crippen MR) is 93.2 cm³/mol. The molecule has 0 radical (unpaired) electrons. The van der Waals surface area contributed by atoms with Crippen LogP contribution >= 0.6 is 0 Å². The van der Waals surface area contributed by atoms with Crippen LogP contribution in [0, 0.1) is 5.92 Å². The number of hydrogen-bond donors (Lipinski definition) is 1. The van der Waals surface area contributed by atoms with Crippen molar-refractivity contribution in [3.05, 3.63) is 42.2 Å². The Hall–Kier alpha value is -1.99. The molecule has 1 unspecified atom stereocenters. The van der Waals surface area contributed by atoms with Crippen LogP contribution in [0.3, 0.4) is 0 Å². The fraction of sp³-hybridized carbons (Fsp3) is 0.412. The van der Waals surface area contributed by atoms with Gasteiger partial charge in [-0.1, -0.05) is 24.3 Å². The molecule has 0 spiro atoms. The Balaban J connectivity index is 1.76. The monoisotopic (exact) mass is 347 g/mol. The van der Waals surface area contributed by atoms with Gasteiger partial charge < -0.3 is 4.90 Å². The Labute approximate surface area is 141 Å². The topological polar surface area (TPSA) is 79.4 Å². The Morgan fingerprint density at radius 2 is 2.12 bits per heavy atom. The van der Waals surface area contributed by atoms with Crippen molar-refractivity contribution in [1.82, 2.24) is 14.6 Å². The van der Waals surface area contributed by atoms with E-state index in [1.54, 1.807) is 11.1 Å². The van der Waals surface area contributed by atoms with Gasteiger partial charge in [0.15, 0.2) is 0 Å². The molecule has 1 fully saturated rings. The first-order valence-corrected chi connectivity index (χ1v) is 9.91. The summed E-state index contributed by atoms with van der Waals surface area (Å²) in [4.78, 5) is 19.0. The summed E-state index contributed by atoms with van der Waals surface area (Å²) in [5.41, 5.74) is 0.463. The second-order valence-corrected chi connectivity index (χ2v) is 8.09. The number of nitrogens with zero attached hydrogens (tertiary/aromatic N) is 2. The highest BCUT2D eigenvalue weighted by molar-refractivity contribution is 7.88. The van der Waals surface area contributed by atoms with Crippen LogP contribution in [-0.4, -0.2) is 50.1 Å². The summed E-state index contributed by atoms with van der Waals surface area (Å²) in [5.74, 6) is 0.0447. The van der Waals surface area contributed by atoms with Crippen molar-refractivity contribution in [2.75, 3.05) is 25.9 Å². The molecule has 1 amide bonds. The molecule has 1 saturated heterocycles. The van der Waals surface area contributed by atoms with Crippen LogP contribution in [-0.2, 0) is 10.0 Å². The molecule has 2 aromatic rings. The van der Waals surface area contributed by atoms with Gasteiger partial charge >= 0.3 is 0 Å². The number of carbonyl (C=O) groups is 1. The smallest absolute Gasteiger partial charge is 0.273 e. The normalized spacial score (nSPS) is 18.7. The molecule has 3 rings (SSSR count). The molecule has 0 aliphatic carbocycles. The van der Waals surface area contributed by atoms with Crippen molar-refractivity contribution in [2.24, 2.45) is 5.92 Å². The molecule has 6 nitrogen and oxygen atoms in total. The van der Waals surface area contributed by atoms with E-state index in [-0.39, 0.29) is 11.8 Å². The predicted octanol–water partition coefficient (Wildman–Crippen LogP) is 1.64. The zero-order chi connectivity index (χ0) is 17.2. The molecular formula is C17H21N3O3S. The number of amides is 1. The summed E-state index contributed by atoms with van der Waals surface area (Å²) >= 11 is 0.